The fraction of sp³-hybridized carbons (Fsp3) is 0.579. The van der Waals surface area contributed by atoms with Crippen LogP contribution in [0.4, 0.5) is 0 Å². The first-order chi connectivity index (χ1) is 12.2. The number of piperidine rings is 1. The van der Waals surface area contributed by atoms with Gasteiger partial charge in [0.15, 0.2) is 0 Å². The summed E-state index contributed by atoms with van der Waals surface area (Å²) in [6.45, 7) is 3.14. The van der Waals surface area contributed by atoms with Crippen LogP contribution in [0.15, 0.2) is 24.3 Å². The number of benzene rings is 1. The second kappa shape index (κ2) is 8.32. The van der Waals surface area contributed by atoms with Crippen LogP contribution in [0.25, 0.3) is 0 Å². The van der Waals surface area contributed by atoms with Crippen molar-refractivity contribution in [1.82, 2.24) is 10.2 Å². The molecule has 2 fully saturated rings. The normalized spacial score (nSPS) is 19.8. The van der Waals surface area contributed by atoms with Gasteiger partial charge in [-0.1, -0.05) is 0 Å². The summed E-state index contributed by atoms with van der Waals surface area (Å²) in [7, 11) is 0. The van der Waals surface area contributed by atoms with Crippen LogP contribution in [0.5, 0.6) is 5.75 Å². The molecule has 25 heavy (non-hydrogen) atoms. The molecule has 1 aliphatic heterocycles. The van der Waals surface area contributed by atoms with Gasteiger partial charge in [-0.3, -0.25) is 9.69 Å². The molecule has 0 aromatic heterocycles. The maximum atomic E-state index is 11.9. The van der Waals surface area contributed by atoms with Gasteiger partial charge in [-0.25, -0.2) is 0 Å². The first-order valence-corrected chi connectivity index (χ1v) is 8.99. The van der Waals surface area contributed by atoms with E-state index in [2.05, 4.69) is 16.3 Å². The van der Waals surface area contributed by atoms with Gasteiger partial charge in [0.1, 0.15) is 18.5 Å². The van der Waals surface area contributed by atoms with Crippen molar-refractivity contribution in [2.45, 2.75) is 37.8 Å². The number of aliphatic hydroxyl groups excluding tert-OH is 1. The van der Waals surface area contributed by atoms with Crippen molar-refractivity contribution in [3.63, 3.8) is 0 Å². The molecule has 0 radical (unpaired) electrons. The Bertz CT molecular complexity index is 614. The van der Waals surface area contributed by atoms with Crippen molar-refractivity contribution in [3.05, 3.63) is 29.8 Å². The van der Waals surface area contributed by atoms with E-state index in [1.54, 1.807) is 24.3 Å². The van der Waals surface area contributed by atoms with Crippen LogP contribution in [0.2, 0.25) is 0 Å². The Labute approximate surface area is 148 Å². The van der Waals surface area contributed by atoms with E-state index in [-0.39, 0.29) is 11.8 Å². The zero-order valence-corrected chi connectivity index (χ0v) is 14.4. The SMILES string of the molecule is N#Cc1ccc(OCCN2CCC([C@@H](O)C(=O)NC3CC3)CC2)cc1. The molecule has 134 valence electrons. The van der Waals surface area contributed by atoms with Gasteiger partial charge in [0, 0.05) is 12.6 Å². The lowest BCUT2D eigenvalue weighted by atomic mass is 9.90. The number of nitrogens with one attached hydrogen (secondary N) is 1. The lowest BCUT2D eigenvalue weighted by Crippen LogP contribution is -2.45. The minimum atomic E-state index is -0.877. The molecule has 2 aliphatic rings. The average Bonchev–Trinajstić information content (AvgIpc) is 3.46. The van der Waals surface area contributed by atoms with E-state index in [4.69, 9.17) is 10.00 Å². The summed E-state index contributed by atoms with van der Waals surface area (Å²) in [6.07, 6.45) is 2.86. The molecule has 1 aromatic rings. The topological polar surface area (TPSA) is 85.6 Å². The van der Waals surface area contributed by atoms with Crippen molar-refractivity contribution in [1.29, 1.82) is 5.26 Å². The molecule has 1 amide bonds. The molecule has 1 heterocycles. The van der Waals surface area contributed by atoms with Gasteiger partial charge in [0.05, 0.1) is 11.6 Å². The summed E-state index contributed by atoms with van der Waals surface area (Å²) in [5.74, 6) is 0.612. The van der Waals surface area contributed by atoms with Crippen LogP contribution in [-0.2, 0) is 4.79 Å². The van der Waals surface area contributed by atoms with Gasteiger partial charge in [0.2, 0.25) is 5.91 Å². The molecule has 1 aliphatic carbocycles. The Kier molecular flexibility index (Phi) is 5.90. The second-order valence-electron chi connectivity index (χ2n) is 6.89. The van der Waals surface area contributed by atoms with E-state index in [1.165, 1.54) is 0 Å². The Morgan fingerprint density at radius 2 is 1.96 bits per heavy atom. The third-order valence-corrected chi connectivity index (χ3v) is 4.93. The van der Waals surface area contributed by atoms with Crippen LogP contribution in [0, 0.1) is 17.2 Å². The van der Waals surface area contributed by atoms with Crippen molar-refractivity contribution < 1.29 is 14.6 Å². The number of carbonyl (C=O) groups excluding carboxylic acids is 1. The van der Waals surface area contributed by atoms with Gasteiger partial charge < -0.3 is 15.2 Å². The predicted octanol–water partition coefficient (Wildman–Crippen LogP) is 1.29. The number of hydrogen-bond acceptors (Lipinski definition) is 5. The van der Waals surface area contributed by atoms with Crippen molar-refractivity contribution in [2.24, 2.45) is 5.92 Å². The molecule has 6 nitrogen and oxygen atoms in total. The molecular weight excluding hydrogens is 318 g/mol. The van der Waals surface area contributed by atoms with Gasteiger partial charge in [-0.2, -0.15) is 5.26 Å². The molecule has 6 heteroatoms. The Morgan fingerprint density at radius 1 is 1.28 bits per heavy atom. The van der Waals surface area contributed by atoms with E-state index in [0.717, 1.165) is 51.1 Å². The monoisotopic (exact) mass is 343 g/mol. The fourth-order valence-corrected chi connectivity index (χ4v) is 3.14. The number of nitrogens with zero attached hydrogens (tertiary/aromatic N) is 2. The smallest absolute Gasteiger partial charge is 0.249 e. The molecule has 2 N–H and O–H groups in total. The van der Waals surface area contributed by atoms with Crippen molar-refractivity contribution in [2.75, 3.05) is 26.2 Å². The Morgan fingerprint density at radius 3 is 2.56 bits per heavy atom. The standard InChI is InChI=1S/C19H25N3O3/c20-13-14-1-5-17(6-2-14)25-12-11-22-9-7-15(8-10-22)18(23)19(24)21-16-3-4-16/h1-2,5-6,15-16,18,23H,3-4,7-12H2,(H,21,24)/t18-/m1/s1. The fourth-order valence-electron chi connectivity index (χ4n) is 3.14. The minimum absolute atomic E-state index is 0.0504. The third-order valence-electron chi connectivity index (χ3n) is 4.93. The Hall–Kier alpha value is -2.10. The molecule has 1 saturated heterocycles. The summed E-state index contributed by atoms with van der Waals surface area (Å²) in [5.41, 5.74) is 0.624. The van der Waals surface area contributed by atoms with E-state index < -0.39 is 6.10 Å². The zero-order chi connectivity index (χ0) is 17.6. The Balaban J connectivity index is 1.34. The molecule has 1 aromatic carbocycles. The summed E-state index contributed by atoms with van der Waals surface area (Å²) in [4.78, 5) is 14.2. The third kappa shape index (κ3) is 5.18. The van der Waals surface area contributed by atoms with Crippen LogP contribution < -0.4 is 10.1 Å². The van der Waals surface area contributed by atoms with E-state index in [1.807, 2.05) is 0 Å². The predicted molar refractivity (Wildman–Crippen MR) is 93.0 cm³/mol. The highest BCUT2D eigenvalue weighted by molar-refractivity contribution is 5.81. The lowest BCUT2D eigenvalue weighted by Gasteiger charge is -2.33. The molecule has 1 atom stereocenters. The molecule has 0 unspecified atom stereocenters. The number of likely N-dealkylation sites (tertiary alicyclic amines) is 1. The maximum Gasteiger partial charge on any atom is 0.249 e. The van der Waals surface area contributed by atoms with Crippen molar-refractivity contribution >= 4 is 5.91 Å². The molecular formula is C19H25N3O3. The first-order valence-electron chi connectivity index (χ1n) is 8.99. The number of rotatable bonds is 7. The highest BCUT2D eigenvalue weighted by Crippen LogP contribution is 2.23. The second-order valence-corrected chi connectivity index (χ2v) is 6.89. The lowest BCUT2D eigenvalue weighted by molar-refractivity contribution is -0.133. The number of aliphatic hydroxyl groups is 1. The van der Waals surface area contributed by atoms with Crippen LogP contribution >= 0.6 is 0 Å². The van der Waals surface area contributed by atoms with E-state index >= 15 is 0 Å². The maximum absolute atomic E-state index is 11.9. The number of amides is 1. The molecule has 0 bridgehead atoms. The molecule has 0 spiro atoms. The van der Waals surface area contributed by atoms with Crippen LogP contribution in [0.3, 0.4) is 0 Å². The largest absolute Gasteiger partial charge is 0.492 e. The number of ether oxygens (including phenoxy) is 1. The molecule has 1 saturated carbocycles. The van der Waals surface area contributed by atoms with Crippen LogP contribution in [0.1, 0.15) is 31.2 Å². The summed E-state index contributed by atoms with van der Waals surface area (Å²) in [5, 5.41) is 21.8. The first kappa shape index (κ1) is 17.7. The summed E-state index contributed by atoms with van der Waals surface area (Å²) in [6, 6.07) is 9.48. The quantitative estimate of drug-likeness (QED) is 0.779. The van der Waals surface area contributed by atoms with E-state index in [0.29, 0.717) is 18.2 Å². The minimum Gasteiger partial charge on any atom is -0.492 e. The van der Waals surface area contributed by atoms with Gasteiger partial charge in [0.25, 0.3) is 0 Å². The summed E-state index contributed by atoms with van der Waals surface area (Å²) < 4.78 is 5.71. The van der Waals surface area contributed by atoms with Gasteiger partial charge in [-0.05, 0) is 69.0 Å². The highest BCUT2D eigenvalue weighted by Gasteiger charge is 2.32. The number of nitriles is 1. The number of hydrogen-bond donors (Lipinski definition) is 2. The number of carbonyl (C=O) groups is 1. The van der Waals surface area contributed by atoms with Crippen molar-refractivity contribution in [3.8, 4) is 11.8 Å². The van der Waals surface area contributed by atoms with Gasteiger partial charge in [-0.15, -0.1) is 0 Å². The average molecular weight is 343 g/mol. The molecule has 3 rings (SSSR count). The van der Waals surface area contributed by atoms with Crippen LogP contribution in [-0.4, -0.2) is 54.3 Å². The van der Waals surface area contributed by atoms with E-state index in [9.17, 15) is 9.90 Å². The van der Waals surface area contributed by atoms with Gasteiger partial charge >= 0.3 is 0 Å². The zero-order valence-electron chi connectivity index (χ0n) is 14.4. The summed E-state index contributed by atoms with van der Waals surface area (Å²) >= 11 is 0. The highest BCUT2D eigenvalue weighted by atomic mass is 16.5.